The van der Waals surface area contributed by atoms with Crippen molar-refractivity contribution in [3.8, 4) is 0 Å². The zero-order valence-corrected chi connectivity index (χ0v) is 13.1. The van der Waals surface area contributed by atoms with Crippen molar-refractivity contribution < 1.29 is 14.0 Å². The van der Waals surface area contributed by atoms with Gasteiger partial charge in [0.2, 0.25) is 5.91 Å². The van der Waals surface area contributed by atoms with Crippen LogP contribution in [0.25, 0.3) is 10.9 Å². The van der Waals surface area contributed by atoms with E-state index in [1.54, 1.807) is 24.4 Å². The van der Waals surface area contributed by atoms with E-state index in [9.17, 15) is 14.0 Å². The number of halogens is 1. The molecule has 0 aliphatic heterocycles. The van der Waals surface area contributed by atoms with Crippen LogP contribution in [0, 0.1) is 5.82 Å². The largest absolute Gasteiger partial charge is 0.352 e. The summed E-state index contributed by atoms with van der Waals surface area (Å²) in [6.45, 7) is 0. The molecule has 0 saturated carbocycles. The first-order valence-electron chi connectivity index (χ1n) is 7.57. The molecular weight excluding hydrogens is 325 g/mol. The van der Waals surface area contributed by atoms with Gasteiger partial charge in [-0.25, -0.2) is 9.18 Å². The lowest BCUT2D eigenvalue weighted by Crippen LogP contribution is -2.35. The van der Waals surface area contributed by atoms with E-state index in [0.29, 0.717) is 11.2 Å². The van der Waals surface area contributed by atoms with Crippen LogP contribution in [0.2, 0.25) is 0 Å². The van der Waals surface area contributed by atoms with Crippen molar-refractivity contribution in [1.29, 1.82) is 0 Å². The molecule has 1 aromatic heterocycles. The third-order valence-corrected chi connectivity index (χ3v) is 3.74. The minimum atomic E-state index is -0.875. The predicted molar refractivity (Wildman–Crippen MR) is 91.2 cm³/mol. The second-order valence-corrected chi connectivity index (χ2v) is 5.47. The Morgan fingerprint density at radius 1 is 1.20 bits per heavy atom. The molecule has 0 spiro atoms. The lowest BCUT2D eigenvalue weighted by molar-refractivity contribution is -0.116. The van der Waals surface area contributed by atoms with Crippen LogP contribution in [0.3, 0.4) is 0 Å². The van der Waals surface area contributed by atoms with Crippen LogP contribution < -0.4 is 16.4 Å². The number of nitrogens with one attached hydrogen (secondary N) is 3. The highest BCUT2D eigenvalue weighted by Gasteiger charge is 2.21. The first kappa shape index (κ1) is 16.4. The molecule has 0 saturated heterocycles. The Hall–Kier alpha value is -3.42. The molecule has 0 aliphatic rings. The van der Waals surface area contributed by atoms with Gasteiger partial charge in [0.05, 0.1) is 29.9 Å². The van der Waals surface area contributed by atoms with Crippen molar-refractivity contribution >= 4 is 28.5 Å². The SMILES string of the molecule is NC(=O)N[C@@H](CC(=O)Nc1cccc2cn[nH]c12)c1ccccc1F. The number of hydrogen-bond donors (Lipinski definition) is 4. The molecule has 8 heteroatoms. The first-order chi connectivity index (χ1) is 12.0. The van der Waals surface area contributed by atoms with Crippen LogP contribution in [0.4, 0.5) is 14.9 Å². The molecule has 7 nitrogen and oxygen atoms in total. The lowest BCUT2D eigenvalue weighted by Gasteiger charge is -2.18. The molecule has 25 heavy (non-hydrogen) atoms. The summed E-state index contributed by atoms with van der Waals surface area (Å²) in [7, 11) is 0. The molecule has 3 aromatic rings. The van der Waals surface area contributed by atoms with Gasteiger partial charge in [0.25, 0.3) is 0 Å². The molecule has 0 radical (unpaired) electrons. The molecule has 0 unspecified atom stereocenters. The number of urea groups is 1. The number of nitrogens with two attached hydrogens (primary N) is 1. The summed E-state index contributed by atoms with van der Waals surface area (Å²) in [4.78, 5) is 23.6. The van der Waals surface area contributed by atoms with Crippen LogP contribution in [0.15, 0.2) is 48.7 Å². The van der Waals surface area contributed by atoms with Gasteiger partial charge >= 0.3 is 6.03 Å². The number of H-pyrrole nitrogens is 1. The maximum Gasteiger partial charge on any atom is 0.312 e. The third kappa shape index (κ3) is 3.74. The Balaban J connectivity index is 1.80. The summed E-state index contributed by atoms with van der Waals surface area (Å²) in [5.74, 6) is -0.922. The van der Waals surface area contributed by atoms with E-state index in [-0.39, 0.29) is 12.0 Å². The summed E-state index contributed by atoms with van der Waals surface area (Å²) in [6.07, 6.45) is 1.47. The molecule has 5 N–H and O–H groups in total. The van der Waals surface area contributed by atoms with Crippen LogP contribution in [0.1, 0.15) is 18.0 Å². The average Bonchev–Trinajstić information content (AvgIpc) is 3.04. The molecule has 1 atom stereocenters. The minimum Gasteiger partial charge on any atom is -0.352 e. The number of rotatable bonds is 5. The van der Waals surface area contributed by atoms with Crippen molar-refractivity contribution in [3.05, 3.63) is 60.0 Å². The number of carbonyl (C=O) groups is 2. The van der Waals surface area contributed by atoms with E-state index in [1.165, 1.54) is 18.2 Å². The molecule has 3 amide bonds. The zero-order chi connectivity index (χ0) is 17.8. The number of hydrogen-bond acceptors (Lipinski definition) is 3. The Morgan fingerprint density at radius 2 is 2.00 bits per heavy atom. The van der Waals surface area contributed by atoms with Crippen molar-refractivity contribution in [3.63, 3.8) is 0 Å². The maximum absolute atomic E-state index is 14.0. The number of nitrogens with zero attached hydrogens (tertiary/aromatic N) is 1. The average molecular weight is 341 g/mol. The van der Waals surface area contributed by atoms with Crippen LogP contribution in [0.5, 0.6) is 0 Å². The second-order valence-electron chi connectivity index (χ2n) is 5.47. The van der Waals surface area contributed by atoms with Gasteiger partial charge in [0, 0.05) is 10.9 Å². The van der Waals surface area contributed by atoms with Gasteiger partial charge in [0.1, 0.15) is 5.82 Å². The summed E-state index contributed by atoms with van der Waals surface area (Å²) < 4.78 is 14.0. The Labute approximate surface area is 142 Å². The number of benzene rings is 2. The van der Waals surface area contributed by atoms with Crippen molar-refractivity contribution in [1.82, 2.24) is 15.5 Å². The molecule has 0 aliphatic carbocycles. The van der Waals surface area contributed by atoms with E-state index in [0.717, 1.165) is 5.39 Å². The molecule has 1 heterocycles. The van der Waals surface area contributed by atoms with E-state index >= 15 is 0 Å². The highest BCUT2D eigenvalue weighted by molar-refractivity contribution is 6.00. The fourth-order valence-electron chi connectivity index (χ4n) is 2.63. The summed E-state index contributed by atoms with van der Waals surface area (Å²) in [6, 6.07) is 9.55. The number of aromatic nitrogens is 2. The third-order valence-electron chi connectivity index (χ3n) is 3.74. The molecule has 0 bridgehead atoms. The minimum absolute atomic E-state index is 0.172. The molecule has 3 rings (SSSR count). The topological polar surface area (TPSA) is 113 Å². The van der Waals surface area contributed by atoms with Gasteiger partial charge in [0.15, 0.2) is 0 Å². The highest BCUT2D eigenvalue weighted by Crippen LogP contribution is 2.23. The number of fused-ring (bicyclic) bond motifs is 1. The normalized spacial score (nSPS) is 11.9. The van der Waals surface area contributed by atoms with Gasteiger partial charge < -0.3 is 16.4 Å². The fourth-order valence-corrected chi connectivity index (χ4v) is 2.63. The summed E-state index contributed by atoms with van der Waals surface area (Å²) in [5.41, 5.74) is 6.57. The quantitative estimate of drug-likeness (QED) is 0.571. The Bertz CT molecular complexity index is 924. The fraction of sp³-hybridized carbons (Fsp3) is 0.118. The number of para-hydroxylation sites is 1. The molecule has 0 fully saturated rings. The van der Waals surface area contributed by atoms with E-state index < -0.39 is 23.8 Å². The van der Waals surface area contributed by atoms with Crippen LogP contribution in [-0.4, -0.2) is 22.1 Å². The van der Waals surface area contributed by atoms with Gasteiger partial charge in [-0.05, 0) is 12.1 Å². The number of anilines is 1. The standard InChI is InChI=1S/C17H16FN5O2/c18-12-6-2-1-5-11(12)14(22-17(19)25)8-15(24)21-13-7-3-4-10-9-20-23-16(10)13/h1-7,9,14H,8H2,(H,20,23)(H,21,24)(H3,19,22,25)/t14-/m0/s1. The van der Waals surface area contributed by atoms with Gasteiger partial charge in [-0.1, -0.05) is 30.3 Å². The highest BCUT2D eigenvalue weighted by atomic mass is 19.1. The van der Waals surface area contributed by atoms with Gasteiger partial charge in [-0.3, -0.25) is 9.89 Å². The van der Waals surface area contributed by atoms with Crippen molar-refractivity contribution in [2.45, 2.75) is 12.5 Å². The summed E-state index contributed by atoms with van der Waals surface area (Å²) in [5, 5.41) is 12.7. The van der Waals surface area contributed by atoms with Crippen LogP contribution >= 0.6 is 0 Å². The second kappa shape index (κ2) is 7.00. The maximum atomic E-state index is 14.0. The summed E-state index contributed by atoms with van der Waals surface area (Å²) >= 11 is 0. The van der Waals surface area contributed by atoms with E-state index in [1.807, 2.05) is 6.07 Å². The van der Waals surface area contributed by atoms with Crippen molar-refractivity contribution in [2.75, 3.05) is 5.32 Å². The van der Waals surface area contributed by atoms with Crippen molar-refractivity contribution in [2.24, 2.45) is 5.73 Å². The number of carbonyl (C=O) groups excluding carboxylic acids is 2. The lowest BCUT2D eigenvalue weighted by atomic mass is 10.0. The van der Waals surface area contributed by atoms with Crippen LogP contribution in [-0.2, 0) is 4.79 Å². The monoisotopic (exact) mass is 341 g/mol. The Kier molecular flexibility index (Phi) is 4.60. The smallest absolute Gasteiger partial charge is 0.312 e. The molecule has 128 valence electrons. The van der Waals surface area contributed by atoms with Gasteiger partial charge in [-0.2, -0.15) is 5.10 Å². The number of primary amides is 1. The first-order valence-corrected chi connectivity index (χ1v) is 7.57. The zero-order valence-electron chi connectivity index (χ0n) is 13.1. The van der Waals surface area contributed by atoms with Gasteiger partial charge in [-0.15, -0.1) is 0 Å². The molecular formula is C17H16FN5O2. The number of amides is 3. The Morgan fingerprint density at radius 3 is 2.76 bits per heavy atom. The predicted octanol–water partition coefficient (Wildman–Crippen LogP) is 2.44. The van der Waals surface area contributed by atoms with E-state index in [4.69, 9.17) is 5.73 Å². The van der Waals surface area contributed by atoms with E-state index in [2.05, 4.69) is 20.8 Å². The number of aromatic amines is 1. The molecule has 2 aromatic carbocycles.